The quantitative estimate of drug-likeness (QED) is 0.754. The van der Waals surface area contributed by atoms with Gasteiger partial charge in [-0.3, -0.25) is 9.69 Å². The van der Waals surface area contributed by atoms with Crippen LogP contribution in [0.3, 0.4) is 0 Å². The van der Waals surface area contributed by atoms with E-state index in [0.29, 0.717) is 0 Å². The highest BCUT2D eigenvalue weighted by molar-refractivity contribution is 5.79. The second kappa shape index (κ2) is 4.94. The van der Waals surface area contributed by atoms with Crippen molar-refractivity contribution in [1.82, 2.24) is 9.80 Å². The van der Waals surface area contributed by atoms with Gasteiger partial charge in [0, 0.05) is 13.1 Å². The molecule has 15 heavy (non-hydrogen) atoms. The summed E-state index contributed by atoms with van der Waals surface area (Å²) in [7, 11) is 2.05. The van der Waals surface area contributed by atoms with Crippen molar-refractivity contribution < 1.29 is 9.90 Å². The van der Waals surface area contributed by atoms with Crippen molar-refractivity contribution in [3.05, 3.63) is 0 Å². The Balaban J connectivity index is 2.83. The standard InChI is InChI=1S/C11H22N2O2/c1-4-13(5-2)11(10(14)15)6-8-12(3)9-7-11/h4-9H2,1-3H3,(H,14,15). The molecule has 1 N–H and O–H groups in total. The summed E-state index contributed by atoms with van der Waals surface area (Å²) in [5, 5.41) is 9.45. The molecule has 0 aliphatic carbocycles. The third kappa shape index (κ3) is 2.32. The molecule has 1 aliphatic heterocycles. The van der Waals surface area contributed by atoms with Gasteiger partial charge in [-0.05, 0) is 33.0 Å². The van der Waals surface area contributed by atoms with Crippen molar-refractivity contribution in [1.29, 1.82) is 0 Å². The maximum atomic E-state index is 11.5. The average molecular weight is 214 g/mol. The summed E-state index contributed by atoms with van der Waals surface area (Å²) >= 11 is 0. The Bertz CT molecular complexity index is 219. The number of rotatable bonds is 4. The summed E-state index contributed by atoms with van der Waals surface area (Å²) in [6, 6.07) is 0. The molecule has 0 bridgehead atoms. The third-order valence-electron chi connectivity index (χ3n) is 3.58. The number of piperidine rings is 1. The van der Waals surface area contributed by atoms with Crippen molar-refractivity contribution >= 4 is 5.97 Å². The van der Waals surface area contributed by atoms with E-state index < -0.39 is 11.5 Å². The van der Waals surface area contributed by atoms with Gasteiger partial charge in [0.25, 0.3) is 0 Å². The molecule has 0 saturated carbocycles. The van der Waals surface area contributed by atoms with Gasteiger partial charge in [-0.25, -0.2) is 0 Å². The molecule has 88 valence electrons. The lowest BCUT2D eigenvalue weighted by Gasteiger charge is -2.44. The first-order valence-electron chi connectivity index (χ1n) is 5.73. The van der Waals surface area contributed by atoms with Gasteiger partial charge in [-0.15, -0.1) is 0 Å². The molecule has 0 radical (unpaired) electrons. The van der Waals surface area contributed by atoms with Crippen LogP contribution < -0.4 is 0 Å². The number of likely N-dealkylation sites (N-methyl/N-ethyl adjacent to an activating group) is 1. The highest BCUT2D eigenvalue weighted by Crippen LogP contribution is 2.28. The monoisotopic (exact) mass is 214 g/mol. The minimum atomic E-state index is -0.653. The van der Waals surface area contributed by atoms with Crippen LogP contribution in [0.4, 0.5) is 0 Å². The number of hydrogen-bond acceptors (Lipinski definition) is 3. The zero-order chi connectivity index (χ0) is 11.5. The lowest BCUT2D eigenvalue weighted by atomic mass is 9.85. The van der Waals surface area contributed by atoms with Crippen molar-refractivity contribution in [2.24, 2.45) is 0 Å². The van der Waals surface area contributed by atoms with Gasteiger partial charge in [0.1, 0.15) is 5.54 Å². The predicted molar refractivity (Wildman–Crippen MR) is 60.0 cm³/mol. The zero-order valence-corrected chi connectivity index (χ0v) is 9.99. The Morgan fingerprint density at radius 2 is 1.80 bits per heavy atom. The van der Waals surface area contributed by atoms with E-state index in [1.54, 1.807) is 0 Å². The van der Waals surface area contributed by atoms with Crippen LogP contribution in [-0.2, 0) is 4.79 Å². The van der Waals surface area contributed by atoms with Crippen LogP contribution in [0.25, 0.3) is 0 Å². The number of nitrogens with zero attached hydrogens (tertiary/aromatic N) is 2. The van der Waals surface area contributed by atoms with Crippen molar-refractivity contribution in [3.8, 4) is 0 Å². The number of carbonyl (C=O) groups is 1. The van der Waals surface area contributed by atoms with Crippen LogP contribution >= 0.6 is 0 Å². The van der Waals surface area contributed by atoms with Crippen LogP contribution in [-0.4, -0.2) is 59.6 Å². The molecule has 1 saturated heterocycles. The molecule has 1 heterocycles. The zero-order valence-electron chi connectivity index (χ0n) is 9.99. The molecule has 1 aliphatic rings. The van der Waals surface area contributed by atoms with Crippen LogP contribution in [0.15, 0.2) is 0 Å². The van der Waals surface area contributed by atoms with Gasteiger partial charge in [0.15, 0.2) is 0 Å². The molecule has 4 nitrogen and oxygen atoms in total. The van der Waals surface area contributed by atoms with Crippen molar-refractivity contribution in [2.45, 2.75) is 32.2 Å². The molecule has 4 heteroatoms. The van der Waals surface area contributed by atoms with E-state index in [9.17, 15) is 9.90 Å². The minimum Gasteiger partial charge on any atom is -0.480 e. The first kappa shape index (κ1) is 12.5. The lowest BCUT2D eigenvalue weighted by Crippen LogP contribution is -2.59. The maximum absolute atomic E-state index is 11.5. The molecule has 1 rings (SSSR count). The minimum absolute atomic E-state index is 0.615. The Morgan fingerprint density at radius 1 is 1.33 bits per heavy atom. The van der Waals surface area contributed by atoms with E-state index in [4.69, 9.17) is 0 Å². The van der Waals surface area contributed by atoms with E-state index in [2.05, 4.69) is 9.80 Å². The van der Waals surface area contributed by atoms with Gasteiger partial charge in [-0.2, -0.15) is 0 Å². The van der Waals surface area contributed by atoms with Gasteiger partial charge < -0.3 is 10.0 Å². The van der Waals surface area contributed by atoms with Gasteiger partial charge >= 0.3 is 5.97 Å². The normalized spacial score (nSPS) is 21.9. The van der Waals surface area contributed by atoms with Crippen molar-refractivity contribution in [3.63, 3.8) is 0 Å². The van der Waals surface area contributed by atoms with Crippen LogP contribution in [0.2, 0.25) is 0 Å². The molecule has 1 fully saturated rings. The van der Waals surface area contributed by atoms with E-state index in [1.807, 2.05) is 20.9 Å². The number of likely N-dealkylation sites (tertiary alicyclic amines) is 1. The highest BCUT2D eigenvalue weighted by atomic mass is 16.4. The summed E-state index contributed by atoms with van der Waals surface area (Å²) in [6.07, 6.45) is 1.47. The number of hydrogen-bond donors (Lipinski definition) is 1. The van der Waals surface area contributed by atoms with Gasteiger partial charge in [-0.1, -0.05) is 13.8 Å². The second-order valence-electron chi connectivity index (χ2n) is 4.31. The third-order valence-corrected chi connectivity index (χ3v) is 3.58. The molecule has 0 aromatic heterocycles. The summed E-state index contributed by atoms with van der Waals surface area (Å²) in [5.74, 6) is -0.653. The molecule has 0 aromatic rings. The fourth-order valence-electron chi connectivity index (χ4n) is 2.48. The Hall–Kier alpha value is -0.610. The molecule has 0 spiro atoms. The first-order chi connectivity index (χ1) is 7.06. The molecule has 0 amide bonds. The molecule has 0 unspecified atom stereocenters. The summed E-state index contributed by atoms with van der Waals surface area (Å²) in [4.78, 5) is 15.8. The van der Waals surface area contributed by atoms with Crippen LogP contribution in [0.5, 0.6) is 0 Å². The highest BCUT2D eigenvalue weighted by Gasteiger charge is 2.44. The van der Waals surface area contributed by atoms with E-state index >= 15 is 0 Å². The Morgan fingerprint density at radius 3 is 2.13 bits per heavy atom. The van der Waals surface area contributed by atoms with Crippen molar-refractivity contribution in [2.75, 3.05) is 33.2 Å². The molecule has 0 atom stereocenters. The predicted octanol–water partition coefficient (Wildman–Crippen LogP) is 0.877. The summed E-state index contributed by atoms with van der Waals surface area (Å²) in [6.45, 7) is 7.45. The topological polar surface area (TPSA) is 43.8 Å². The fraction of sp³-hybridized carbons (Fsp3) is 0.909. The maximum Gasteiger partial charge on any atom is 0.324 e. The SMILES string of the molecule is CCN(CC)C1(C(=O)O)CCN(C)CC1. The number of carboxylic acid groups (broad SMARTS) is 1. The van der Waals surface area contributed by atoms with Gasteiger partial charge in [0.2, 0.25) is 0 Å². The van der Waals surface area contributed by atoms with E-state index in [1.165, 1.54) is 0 Å². The number of carboxylic acids is 1. The van der Waals surface area contributed by atoms with E-state index in [-0.39, 0.29) is 0 Å². The summed E-state index contributed by atoms with van der Waals surface area (Å²) in [5.41, 5.74) is -0.615. The second-order valence-corrected chi connectivity index (χ2v) is 4.31. The van der Waals surface area contributed by atoms with Crippen LogP contribution in [0.1, 0.15) is 26.7 Å². The largest absolute Gasteiger partial charge is 0.480 e. The first-order valence-corrected chi connectivity index (χ1v) is 5.73. The van der Waals surface area contributed by atoms with E-state index in [0.717, 1.165) is 39.0 Å². The average Bonchev–Trinajstić information content (AvgIpc) is 2.22. The lowest BCUT2D eigenvalue weighted by molar-refractivity contribution is -0.155. The van der Waals surface area contributed by atoms with Gasteiger partial charge in [0.05, 0.1) is 0 Å². The Labute approximate surface area is 91.9 Å². The smallest absolute Gasteiger partial charge is 0.324 e. The molecular formula is C11H22N2O2. The molecule has 0 aromatic carbocycles. The summed E-state index contributed by atoms with van der Waals surface area (Å²) < 4.78 is 0. The fourth-order valence-corrected chi connectivity index (χ4v) is 2.48. The molecular weight excluding hydrogens is 192 g/mol. The van der Waals surface area contributed by atoms with Crippen LogP contribution in [0, 0.1) is 0 Å². The Kier molecular flexibility index (Phi) is 4.11. The number of aliphatic carboxylic acids is 1.